The number of hydrogen-bond acceptors (Lipinski definition) is 5. The van der Waals surface area contributed by atoms with Crippen LogP contribution in [0.25, 0.3) is 0 Å². The molecule has 0 aliphatic heterocycles. The Morgan fingerprint density at radius 3 is 2.33 bits per heavy atom. The Morgan fingerprint density at radius 2 is 1.71 bits per heavy atom. The lowest BCUT2D eigenvalue weighted by Gasteiger charge is -2.12. The molecule has 24 heavy (non-hydrogen) atoms. The molecular weight excluding hydrogens is 306 g/mol. The van der Waals surface area contributed by atoms with Gasteiger partial charge >= 0.3 is 0 Å². The maximum Gasteiger partial charge on any atom is 0.161 e. The summed E-state index contributed by atoms with van der Waals surface area (Å²) in [5.74, 6) is 2.53. The van der Waals surface area contributed by atoms with E-state index in [9.17, 15) is 0 Å². The fraction of sp³-hybridized carbons (Fsp3) is 0.316. The molecule has 2 rings (SSSR count). The summed E-state index contributed by atoms with van der Waals surface area (Å²) in [7, 11) is 1.56. The summed E-state index contributed by atoms with van der Waals surface area (Å²) >= 11 is 0. The fourth-order valence-electron chi connectivity index (χ4n) is 2.21. The van der Waals surface area contributed by atoms with Crippen molar-refractivity contribution in [1.82, 2.24) is 0 Å². The van der Waals surface area contributed by atoms with Crippen LogP contribution >= 0.6 is 0 Å². The molecule has 2 aromatic rings. The molecule has 0 heterocycles. The average Bonchev–Trinajstić information content (AvgIpc) is 2.60. The first kappa shape index (κ1) is 17.7. The molecule has 0 aromatic heterocycles. The van der Waals surface area contributed by atoms with Crippen molar-refractivity contribution in [2.45, 2.75) is 19.8 Å². The molecule has 0 bridgehead atoms. The molecule has 0 atom stereocenters. The first-order valence-electron chi connectivity index (χ1n) is 7.85. The van der Waals surface area contributed by atoms with E-state index in [0.717, 1.165) is 11.3 Å². The number of methoxy groups -OCH3 is 1. The van der Waals surface area contributed by atoms with Gasteiger partial charge in [0.25, 0.3) is 0 Å². The molecule has 128 valence electrons. The second-order valence-electron chi connectivity index (χ2n) is 5.58. The fourth-order valence-corrected chi connectivity index (χ4v) is 2.21. The molecule has 0 radical (unpaired) electrons. The average molecular weight is 329 g/mol. The number of nitrogens with zero attached hydrogens (tertiary/aromatic N) is 1. The maximum absolute atomic E-state index is 8.56. The van der Waals surface area contributed by atoms with Crippen molar-refractivity contribution in [2.75, 3.05) is 20.3 Å². The quantitative estimate of drug-likeness (QED) is 0.343. The molecule has 0 fully saturated rings. The summed E-state index contributed by atoms with van der Waals surface area (Å²) < 4.78 is 16.6. The van der Waals surface area contributed by atoms with Crippen molar-refractivity contribution >= 4 is 6.21 Å². The van der Waals surface area contributed by atoms with Gasteiger partial charge in [0.05, 0.1) is 13.3 Å². The van der Waals surface area contributed by atoms with Crippen LogP contribution in [0.4, 0.5) is 0 Å². The highest BCUT2D eigenvalue weighted by Crippen LogP contribution is 2.27. The van der Waals surface area contributed by atoms with Crippen LogP contribution in [-0.2, 0) is 0 Å². The van der Waals surface area contributed by atoms with Crippen molar-refractivity contribution in [3.05, 3.63) is 53.6 Å². The molecule has 0 saturated heterocycles. The minimum absolute atomic E-state index is 0.399. The Morgan fingerprint density at radius 1 is 1.00 bits per heavy atom. The lowest BCUT2D eigenvalue weighted by atomic mass is 10.0. The van der Waals surface area contributed by atoms with Crippen molar-refractivity contribution in [1.29, 1.82) is 0 Å². The van der Waals surface area contributed by atoms with Crippen molar-refractivity contribution in [3.8, 4) is 17.2 Å². The largest absolute Gasteiger partial charge is 0.493 e. The van der Waals surface area contributed by atoms with Crippen molar-refractivity contribution < 1.29 is 19.4 Å². The predicted octanol–water partition coefficient (Wildman–Crippen LogP) is 4.08. The van der Waals surface area contributed by atoms with E-state index in [2.05, 4.69) is 31.1 Å². The number of ether oxygens (including phenoxy) is 3. The van der Waals surface area contributed by atoms with E-state index in [1.807, 2.05) is 12.1 Å². The Bertz CT molecular complexity index is 666. The smallest absolute Gasteiger partial charge is 0.161 e. The van der Waals surface area contributed by atoms with E-state index in [4.69, 9.17) is 19.4 Å². The SMILES string of the molecule is COc1cc(C=NO)ccc1OCCOc1ccc(C(C)C)cc1. The van der Waals surface area contributed by atoms with E-state index in [1.54, 1.807) is 25.3 Å². The van der Waals surface area contributed by atoms with Gasteiger partial charge < -0.3 is 19.4 Å². The molecule has 0 saturated carbocycles. The molecule has 0 aliphatic rings. The number of benzene rings is 2. The number of rotatable bonds is 8. The predicted molar refractivity (Wildman–Crippen MR) is 93.9 cm³/mol. The number of oxime groups is 1. The maximum atomic E-state index is 8.56. The van der Waals surface area contributed by atoms with Crippen molar-refractivity contribution in [2.24, 2.45) is 5.16 Å². The van der Waals surface area contributed by atoms with Crippen LogP contribution < -0.4 is 14.2 Å². The highest BCUT2D eigenvalue weighted by Gasteiger charge is 2.05. The third-order valence-corrected chi connectivity index (χ3v) is 3.55. The molecule has 1 N–H and O–H groups in total. The summed E-state index contributed by atoms with van der Waals surface area (Å²) in [6.07, 6.45) is 1.33. The minimum atomic E-state index is 0.399. The van der Waals surface area contributed by atoms with E-state index < -0.39 is 0 Å². The molecule has 0 spiro atoms. The third kappa shape index (κ3) is 4.91. The Kier molecular flexibility index (Phi) is 6.49. The monoisotopic (exact) mass is 329 g/mol. The van der Waals surface area contributed by atoms with Gasteiger partial charge in [-0.2, -0.15) is 0 Å². The van der Waals surface area contributed by atoms with Gasteiger partial charge in [0.1, 0.15) is 19.0 Å². The van der Waals surface area contributed by atoms with Crippen LogP contribution in [0.5, 0.6) is 17.2 Å². The van der Waals surface area contributed by atoms with Gasteiger partial charge in [-0.1, -0.05) is 31.1 Å². The molecule has 5 heteroatoms. The van der Waals surface area contributed by atoms with E-state index in [-0.39, 0.29) is 0 Å². The van der Waals surface area contributed by atoms with Crippen LogP contribution in [0.2, 0.25) is 0 Å². The van der Waals surface area contributed by atoms with Crippen LogP contribution in [0, 0.1) is 0 Å². The topological polar surface area (TPSA) is 60.3 Å². The van der Waals surface area contributed by atoms with E-state index >= 15 is 0 Å². The summed E-state index contributed by atoms with van der Waals surface area (Å²) in [5.41, 5.74) is 2.01. The van der Waals surface area contributed by atoms with Crippen LogP contribution in [0.3, 0.4) is 0 Å². The van der Waals surface area contributed by atoms with Crippen molar-refractivity contribution in [3.63, 3.8) is 0 Å². The van der Waals surface area contributed by atoms with E-state index in [1.165, 1.54) is 11.8 Å². The lowest BCUT2D eigenvalue weighted by molar-refractivity contribution is 0.211. The molecule has 0 aliphatic carbocycles. The lowest BCUT2D eigenvalue weighted by Crippen LogP contribution is -2.09. The molecule has 5 nitrogen and oxygen atoms in total. The highest BCUT2D eigenvalue weighted by atomic mass is 16.5. The number of hydrogen-bond donors (Lipinski definition) is 1. The molecule has 0 amide bonds. The zero-order chi connectivity index (χ0) is 17.4. The van der Waals surface area contributed by atoms with E-state index in [0.29, 0.717) is 30.6 Å². The Hall–Kier alpha value is -2.69. The highest BCUT2D eigenvalue weighted by molar-refractivity contribution is 5.80. The van der Waals surface area contributed by atoms with Crippen LogP contribution in [-0.4, -0.2) is 31.7 Å². The zero-order valence-corrected chi connectivity index (χ0v) is 14.2. The third-order valence-electron chi connectivity index (χ3n) is 3.55. The van der Waals surface area contributed by atoms with Gasteiger partial charge in [0, 0.05) is 5.56 Å². The first-order valence-corrected chi connectivity index (χ1v) is 7.85. The summed E-state index contributed by atoms with van der Waals surface area (Å²) in [6, 6.07) is 13.4. The minimum Gasteiger partial charge on any atom is -0.493 e. The summed E-state index contributed by atoms with van der Waals surface area (Å²) in [5, 5.41) is 11.6. The zero-order valence-electron chi connectivity index (χ0n) is 14.2. The van der Waals surface area contributed by atoms with Crippen LogP contribution in [0.1, 0.15) is 30.9 Å². The van der Waals surface area contributed by atoms with Gasteiger partial charge in [0.2, 0.25) is 0 Å². The van der Waals surface area contributed by atoms with Crippen LogP contribution in [0.15, 0.2) is 47.6 Å². The van der Waals surface area contributed by atoms with Gasteiger partial charge in [-0.25, -0.2) is 0 Å². The normalized spacial score (nSPS) is 11.0. The first-order chi connectivity index (χ1) is 11.6. The van der Waals surface area contributed by atoms with Gasteiger partial charge in [-0.15, -0.1) is 0 Å². The molecule has 0 unspecified atom stereocenters. The van der Waals surface area contributed by atoms with Gasteiger partial charge in [-0.3, -0.25) is 0 Å². The molecular formula is C19H23NO4. The van der Waals surface area contributed by atoms with Gasteiger partial charge in [0.15, 0.2) is 11.5 Å². The Labute approximate surface area is 142 Å². The summed E-state index contributed by atoms with van der Waals surface area (Å²) in [4.78, 5) is 0. The second kappa shape index (κ2) is 8.82. The van der Waals surface area contributed by atoms with Gasteiger partial charge in [-0.05, 0) is 41.8 Å². The molecule has 2 aromatic carbocycles. The standard InChI is InChI=1S/C19H23NO4/c1-14(2)16-5-7-17(8-6-16)23-10-11-24-18-9-4-15(13-20-21)12-19(18)22-3/h4-9,12-14,21H,10-11H2,1-3H3. The second-order valence-corrected chi connectivity index (χ2v) is 5.58. The Balaban J connectivity index is 1.85. The summed E-state index contributed by atoms with van der Waals surface area (Å²) in [6.45, 7) is 5.16.